The molecule has 2 heterocycles. The lowest BCUT2D eigenvalue weighted by atomic mass is 10.2. The minimum absolute atomic E-state index is 0.0333. The predicted octanol–water partition coefficient (Wildman–Crippen LogP) is 2.79. The molecular formula is C20H25N3O3. The Morgan fingerprint density at radius 3 is 2.65 bits per heavy atom. The first-order chi connectivity index (χ1) is 12.7. The van der Waals surface area contributed by atoms with Gasteiger partial charge in [-0.15, -0.1) is 0 Å². The van der Waals surface area contributed by atoms with Gasteiger partial charge in [0.25, 0.3) is 0 Å². The summed E-state index contributed by atoms with van der Waals surface area (Å²) in [4.78, 5) is 29.9. The highest BCUT2D eigenvalue weighted by atomic mass is 16.4. The maximum Gasteiger partial charge on any atom is 0.224 e. The number of benzene rings is 1. The van der Waals surface area contributed by atoms with Crippen molar-refractivity contribution in [1.82, 2.24) is 15.2 Å². The monoisotopic (exact) mass is 355 g/mol. The predicted molar refractivity (Wildman–Crippen MR) is 98.3 cm³/mol. The van der Waals surface area contributed by atoms with E-state index in [0.29, 0.717) is 38.1 Å². The van der Waals surface area contributed by atoms with E-state index in [1.54, 1.807) is 6.20 Å². The van der Waals surface area contributed by atoms with Crippen molar-refractivity contribution < 1.29 is 14.0 Å². The molecule has 1 aromatic carbocycles. The molecule has 0 bridgehead atoms. The summed E-state index contributed by atoms with van der Waals surface area (Å²) in [5, 5.41) is 2.82. The number of aryl methyl sites for hydroxylation is 1. The average Bonchev–Trinajstić information content (AvgIpc) is 3.34. The second kappa shape index (κ2) is 9.17. The fraction of sp³-hybridized carbons (Fsp3) is 0.450. The number of hydrogen-bond donors (Lipinski definition) is 1. The van der Waals surface area contributed by atoms with E-state index in [1.165, 1.54) is 0 Å². The largest absolute Gasteiger partial charge is 0.441 e. The summed E-state index contributed by atoms with van der Waals surface area (Å²) in [7, 11) is 0. The van der Waals surface area contributed by atoms with E-state index in [1.807, 2.05) is 35.2 Å². The van der Waals surface area contributed by atoms with Crippen LogP contribution in [0.5, 0.6) is 0 Å². The van der Waals surface area contributed by atoms with Crippen molar-refractivity contribution in [1.29, 1.82) is 0 Å². The molecule has 0 aliphatic carbocycles. The third-order valence-electron chi connectivity index (χ3n) is 4.53. The van der Waals surface area contributed by atoms with Crippen LogP contribution < -0.4 is 5.32 Å². The van der Waals surface area contributed by atoms with Crippen LogP contribution in [0.15, 0.2) is 40.9 Å². The van der Waals surface area contributed by atoms with Crippen LogP contribution in [0.3, 0.4) is 0 Å². The molecule has 6 heteroatoms. The van der Waals surface area contributed by atoms with Crippen LogP contribution in [0.4, 0.5) is 0 Å². The Kier molecular flexibility index (Phi) is 6.41. The molecule has 0 atom stereocenters. The Labute approximate surface area is 153 Å². The molecule has 0 spiro atoms. The normalized spacial score (nSPS) is 13.8. The van der Waals surface area contributed by atoms with E-state index in [4.69, 9.17) is 4.42 Å². The minimum Gasteiger partial charge on any atom is -0.441 e. The molecule has 1 aliphatic heterocycles. The summed E-state index contributed by atoms with van der Waals surface area (Å²) in [5.74, 6) is 1.48. The highest BCUT2D eigenvalue weighted by Gasteiger charge is 2.17. The van der Waals surface area contributed by atoms with Crippen molar-refractivity contribution in [2.45, 2.75) is 38.5 Å². The molecule has 26 heavy (non-hydrogen) atoms. The molecule has 1 fully saturated rings. The lowest BCUT2D eigenvalue weighted by Crippen LogP contribution is -2.32. The third-order valence-corrected chi connectivity index (χ3v) is 4.53. The van der Waals surface area contributed by atoms with Gasteiger partial charge in [0.1, 0.15) is 0 Å². The second-order valence-corrected chi connectivity index (χ2v) is 6.53. The highest BCUT2D eigenvalue weighted by molar-refractivity contribution is 5.79. The van der Waals surface area contributed by atoms with E-state index in [2.05, 4.69) is 10.3 Å². The van der Waals surface area contributed by atoms with E-state index < -0.39 is 0 Å². The lowest BCUT2D eigenvalue weighted by Gasteiger charge is -2.15. The zero-order valence-electron chi connectivity index (χ0n) is 14.9. The van der Waals surface area contributed by atoms with Crippen molar-refractivity contribution in [3.63, 3.8) is 0 Å². The summed E-state index contributed by atoms with van der Waals surface area (Å²) in [6.07, 6.45) is 5.96. The maximum atomic E-state index is 11.9. The van der Waals surface area contributed by atoms with Gasteiger partial charge in [-0.05, 0) is 19.3 Å². The van der Waals surface area contributed by atoms with Crippen LogP contribution in [0, 0.1) is 0 Å². The van der Waals surface area contributed by atoms with Crippen LogP contribution in [0.25, 0.3) is 11.3 Å². The fourth-order valence-electron chi connectivity index (χ4n) is 3.08. The van der Waals surface area contributed by atoms with Crippen LogP contribution >= 0.6 is 0 Å². The number of likely N-dealkylation sites (tertiary alicyclic amines) is 1. The van der Waals surface area contributed by atoms with Crippen molar-refractivity contribution in [2.75, 3.05) is 19.6 Å². The molecular weight excluding hydrogens is 330 g/mol. The molecule has 2 amide bonds. The van der Waals surface area contributed by atoms with Crippen LogP contribution in [0.2, 0.25) is 0 Å². The number of aromatic nitrogens is 1. The molecule has 1 saturated heterocycles. The summed E-state index contributed by atoms with van der Waals surface area (Å²) >= 11 is 0. The van der Waals surface area contributed by atoms with Gasteiger partial charge in [0.2, 0.25) is 11.8 Å². The molecule has 1 aliphatic rings. The highest BCUT2D eigenvalue weighted by Crippen LogP contribution is 2.20. The van der Waals surface area contributed by atoms with Crippen LogP contribution in [-0.4, -0.2) is 41.3 Å². The third kappa shape index (κ3) is 5.18. The van der Waals surface area contributed by atoms with Gasteiger partial charge >= 0.3 is 0 Å². The van der Waals surface area contributed by atoms with Gasteiger partial charge in [-0.2, -0.15) is 0 Å². The zero-order valence-corrected chi connectivity index (χ0v) is 14.9. The lowest BCUT2D eigenvalue weighted by molar-refractivity contribution is -0.130. The van der Waals surface area contributed by atoms with Gasteiger partial charge in [0, 0.05) is 44.5 Å². The minimum atomic E-state index is -0.0333. The van der Waals surface area contributed by atoms with Crippen molar-refractivity contribution in [2.24, 2.45) is 0 Å². The summed E-state index contributed by atoms with van der Waals surface area (Å²) in [5.41, 5.74) is 0.992. The Morgan fingerprint density at radius 2 is 1.88 bits per heavy atom. The van der Waals surface area contributed by atoms with Crippen LogP contribution in [0.1, 0.15) is 38.0 Å². The Hall–Kier alpha value is -2.63. The molecule has 1 aromatic heterocycles. The number of carbonyl (C=O) groups excluding carboxylic acids is 2. The molecule has 3 rings (SSSR count). The van der Waals surface area contributed by atoms with E-state index in [9.17, 15) is 9.59 Å². The van der Waals surface area contributed by atoms with E-state index in [0.717, 1.165) is 37.3 Å². The van der Waals surface area contributed by atoms with Crippen molar-refractivity contribution >= 4 is 11.8 Å². The van der Waals surface area contributed by atoms with Gasteiger partial charge in [0.15, 0.2) is 11.7 Å². The molecule has 0 saturated carbocycles. The number of carbonyl (C=O) groups is 2. The molecule has 2 aromatic rings. The van der Waals surface area contributed by atoms with Gasteiger partial charge in [-0.3, -0.25) is 9.59 Å². The van der Waals surface area contributed by atoms with Gasteiger partial charge in [-0.1, -0.05) is 30.3 Å². The molecule has 138 valence electrons. The Balaban J connectivity index is 1.32. The first-order valence-electron chi connectivity index (χ1n) is 9.27. The van der Waals surface area contributed by atoms with Crippen molar-refractivity contribution in [3.05, 3.63) is 42.4 Å². The van der Waals surface area contributed by atoms with Gasteiger partial charge in [-0.25, -0.2) is 4.98 Å². The molecule has 0 unspecified atom stereocenters. The number of hydrogen-bond acceptors (Lipinski definition) is 4. The number of rotatable bonds is 8. The number of nitrogens with zero attached hydrogens (tertiary/aromatic N) is 2. The van der Waals surface area contributed by atoms with Gasteiger partial charge < -0.3 is 14.6 Å². The molecule has 1 N–H and O–H groups in total. The first kappa shape index (κ1) is 18.2. The second-order valence-electron chi connectivity index (χ2n) is 6.53. The Morgan fingerprint density at radius 1 is 1.12 bits per heavy atom. The molecule has 6 nitrogen and oxygen atoms in total. The smallest absolute Gasteiger partial charge is 0.224 e. The van der Waals surface area contributed by atoms with Crippen molar-refractivity contribution in [3.8, 4) is 11.3 Å². The number of nitrogens with one attached hydrogen (secondary N) is 1. The quantitative estimate of drug-likeness (QED) is 0.790. The van der Waals surface area contributed by atoms with E-state index >= 15 is 0 Å². The molecule has 0 radical (unpaired) electrons. The topological polar surface area (TPSA) is 75.4 Å². The van der Waals surface area contributed by atoms with Crippen LogP contribution in [-0.2, 0) is 16.0 Å². The number of oxazole rings is 1. The first-order valence-corrected chi connectivity index (χ1v) is 9.27. The fourth-order valence-corrected chi connectivity index (χ4v) is 3.08. The number of amides is 2. The Bertz CT molecular complexity index is 721. The zero-order chi connectivity index (χ0) is 18.2. The summed E-state index contributed by atoms with van der Waals surface area (Å²) < 4.78 is 5.73. The van der Waals surface area contributed by atoms with Gasteiger partial charge in [0.05, 0.1) is 6.20 Å². The standard InChI is InChI=1S/C20H25N3O3/c24-18(21-12-11-20(25)23-13-4-5-14-23)9-6-10-19-22-15-17(26-19)16-7-2-1-3-8-16/h1-3,7-8,15H,4-6,9-14H2,(H,21,24). The maximum absolute atomic E-state index is 11.9. The average molecular weight is 355 g/mol. The SMILES string of the molecule is O=C(CCCc1ncc(-c2ccccc2)o1)NCCC(=O)N1CCCC1. The summed E-state index contributed by atoms with van der Waals surface area (Å²) in [6.45, 7) is 2.12. The van der Waals surface area contributed by atoms with E-state index in [-0.39, 0.29) is 11.8 Å². The summed E-state index contributed by atoms with van der Waals surface area (Å²) in [6, 6.07) is 9.81.